The highest BCUT2D eigenvalue weighted by molar-refractivity contribution is 6.02. The van der Waals surface area contributed by atoms with Crippen LogP contribution >= 0.6 is 0 Å². The number of amides is 3. The van der Waals surface area contributed by atoms with Gasteiger partial charge in [0.05, 0.1) is 18.6 Å². The number of hydrogen-bond acceptors (Lipinski definition) is 6. The molecule has 3 N–H and O–H groups in total. The van der Waals surface area contributed by atoms with Crippen molar-refractivity contribution in [1.29, 1.82) is 0 Å². The summed E-state index contributed by atoms with van der Waals surface area (Å²) in [5, 5.41) is 22.9. The van der Waals surface area contributed by atoms with E-state index in [2.05, 4.69) is 21.6 Å². The number of carbonyl (C=O) groups excluding carboxylic acids is 2. The Morgan fingerprint density at radius 1 is 0.864 bits per heavy atom. The molecule has 10 heteroatoms. The summed E-state index contributed by atoms with van der Waals surface area (Å²) in [6.07, 6.45) is 2.00. The number of morpholine rings is 1. The minimum absolute atomic E-state index is 0.104. The van der Waals surface area contributed by atoms with E-state index >= 15 is 0 Å². The molecule has 0 radical (unpaired) electrons. The Kier molecular flexibility index (Phi) is 8.07. The van der Waals surface area contributed by atoms with Crippen LogP contribution in [-0.2, 0) is 4.74 Å². The number of anilines is 3. The fourth-order valence-electron chi connectivity index (χ4n) is 5.22. The molecule has 222 valence electrons. The monoisotopic (exact) mass is 589 g/mol. The predicted octanol–water partition coefficient (Wildman–Crippen LogP) is 5.07. The minimum atomic E-state index is -0.397. The SMILES string of the molecule is CN(C)C(=O)c1ccc(NC(=O)Nc2ccc(-[n+]3cc4c(-c5cccc(O)c5)cccc4c(N4CCOCC4)n3)cc2)cc1. The normalized spacial score (nSPS) is 13.0. The van der Waals surface area contributed by atoms with Gasteiger partial charge in [-0.05, 0) is 64.3 Å². The highest BCUT2D eigenvalue weighted by Gasteiger charge is 2.23. The summed E-state index contributed by atoms with van der Waals surface area (Å²) in [7, 11) is 3.39. The first-order chi connectivity index (χ1) is 21.4. The lowest BCUT2D eigenvalue weighted by molar-refractivity contribution is -0.657. The van der Waals surface area contributed by atoms with Gasteiger partial charge in [-0.1, -0.05) is 30.3 Å². The van der Waals surface area contributed by atoms with Crippen molar-refractivity contribution < 1.29 is 24.1 Å². The lowest BCUT2D eigenvalue weighted by Gasteiger charge is -2.27. The molecule has 2 heterocycles. The summed E-state index contributed by atoms with van der Waals surface area (Å²) in [4.78, 5) is 28.5. The van der Waals surface area contributed by atoms with Gasteiger partial charge in [-0.15, -0.1) is 0 Å². The number of ether oxygens (including phenoxy) is 1. The van der Waals surface area contributed by atoms with E-state index in [1.165, 1.54) is 4.90 Å². The van der Waals surface area contributed by atoms with Crippen molar-refractivity contribution in [3.05, 3.63) is 103 Å². The maximum absolute atomic E-state index is 12.7. The predicted molar refractivity (Wildman–Crippen MR) is 171 cm³/mol. The molecule has 0 atom stereocenters. The van der Waals surface area contributed by atoms with Crippen LogP contribution in [-0.4, -0.2) is 67.4 Å². The molecule has 3 amide bonds. The molecule has 1 aliphatic rings. The Labute approximate surface area is 255 Å². The molecule has 1 aromatic heterocycles. The molecule has 0 unspecified atom stereocenters. The summed E-state index contributed by atoms with van der Waals surface area (Å²) < 4.78 is 7.45. The van der Waals surface area contributed by atoms with Gasteiger partial charge in [-0.25, -0.2) is 4.79 Å². The third-order valence-electron chi connectivity index (χ3n) is 7.45. The number of phenols is 1. The van der Waals surface area contributed by atoms with Crippen LogP contribution in [0.1, 0.15) is 10.4 Å². The number of aromatic hydroxyl groups is 1. The van der Waals surface area contributed by atoms with Gasteiger partial charge in [0.25, 0.3) is 5.91 Å². The Morgan fingerprint density at radius 2 is 1.52 bits per heavy atom. The van der Waals surface area contributed by atoms with Gasteiger partial charge in [0.2, 0.25) is 17.7 Å². The van der Waals surface area contributed by atoms with Crippen molar-refractivity contribution in [1.82, 2.24) is 10.00 Å². The first-order valence-electron chi connectivity index (χ1n) is 14.3. The Balaban J connectivity index is 1.27. The van der Waals surface area contributed by atoms with Crippen LogP contribution in [0.4, 0.5) is 22.0 Å². The number of hydrogen-bond donors (Lipinski definition) is 3. The highest BCUT2D eigenvalue weighted by atomic mass is 16.5. The van der Waals surface area contributed by atoms with Gasteiger partial charge in [-0.2, -0.15) is 0 Å². The summed E-state index contributed by atoms with van der Waals surface area (Å²) in [5.74, 6) is 0.957. The van der Waals surface area contributed by atoms with Gasteiger partial charge in [0.1, 0.15) is 5.75 Å². The first kappa shape index (κ1) is 28.6. The molecular formula is C34H33N6O4+. The highest BCUT2D eigenvalue weighted by Crippen LogP contribution is 2.33. The second kappa shape index (κ2) is 12.4. The van der Waals surface area contributed by atoms with E-state index in [0.29, 0.717) is 30.2 Å². The van der Waals surface area contributed by atoms with Gasteiger partial charge >= 0.3 is 6.03 Å². The second-order valence-corrected chi connectivity index (χ2v) is 10.7. The molecule has 6 rings (SSSR count). The maximum Gasteiger partial charge on any atom is 0.323 e. The Bertz CT molecular complexity index is 1820. The van der Waals surface area contributed by atoms with E-state index in [1.54, 1.807) is 50.5 Å². The van der Waals surface area contributed by atoms with Crippen LogP contribution in [0.15, 0.2) is 97.2 Å². The van der Waals surface area contributed by atoms with Gasteiger partial charge in [-0.3, -0.25) is 4.79 Å². The topological polar surface area (TPSA) is 111 Å². The number of nitrogens with one attached hydrogen (secondary N) is 2. The van der Waals surface area contributed by atoms with E-state index in [0.717, 1.165) is 46.5 Å². The van der Waals surface area contributed by atoms with E-state index in [-0.39, 0.29) is 11.7 Å². The summed E-state index contributed by atoms with van der Waals surface area (Å²) in [6, 6.07) is 27.2. The van der Waals surface area contributed by atoms with Crippen LogP contribution < -0.4 is 20.2 Å². The molecule has 4 aromatic carbocycles. The zero-order chi connectivity index (χ0) is 30.6. The molecule has 10 nitrogen and oxygen atoms in total. The fourth-order valence-corrected chi connectivity index (χ4v) is 5.22. The molecule has 1 aliphatic heterocycles. The van der Waals surface area contributed by atoms with E-state index in [1.807, 2.05) is 59.4 Å². The second-order valence-electron chi connectivity index (χ2n) is 10.7. The Morgan fingerprint density at radius 3 is 2.18 bits per heavy atom. The molecule has 1 saturated heterocycles. The molecular weight excluding hydrogens is 556 g/mol. The summed E-state index contributed by atoms with van der Waals surface area (Å²) in [6.45, 7) is 2.72. The largest absolute Gasteiger partial charge is 0.508 e. The van der Waals surface area contributed by atoms with E-state index < -0.39 is 6.03 Å². The quantitative estimate of drug-likeness (QED) is 0.239. The molecule has 0 bridgehead atoms. The van der Waals surface area contributed by atoms with Crippen LogP contribution in [0, 0.1) is 0 Å². The van der Waals surface area contributed by atoms with E-state index in [4.69, 9.17) is 9.84 Å². The van der Waals surface area contributed by atoms with Crippen molar-refractivity contribution in [3.8, 4) is 22.6 Å². The smallest absolute Gasteiger partial charge is 0.323 e. The van der Waals surface area contributed by atoms with Crippen LogP contribution in [0.25, 0.3) is 27.6 Å². The van der Waals surface area contributed by atoms with Gasteiger partial charge < -0.3 is 30.3 Å². The third-order valence-corrected chi connectivity index (χ3v) is 7.45. The first-order valence-corrected chi connectivity index (χ1v) is 14.3. The number of benzene rings is 4. The zero-order valence-corrected chi connectivity index (χ0v) is 24.5. The van der Waals surface area contributed by atoms with Crippen molar-refractivity contribution >= 4 is 39.9 Å². The minimum Gasteiger partial charge on any atom is -0.508 e. The number of rotatable bonds is 6. The Hall–Kier alpha value is -5.48. The average Bonchev–Trinajstić information content (AvgIpc) is 3.04. The van der Waals surface area contributed by atoms with Gasteiger partial charge in [0.15, 0.2) is 0 Å². The van der Waals surface area contributed by atoms with Crippen molar-refractivity contribution in [2.45, 2.75) is 0 Å². The fraction of sp³-hybridized carbons (Fsp3) is 0.176. The van der Waals surface area contributed by atoms with Crippen LogP contribution in [0.2, 0.25) is 0 Å². The van der Waals surface area contributed by atoms with E-state index in [9.17, 15) is 14.7 Å². The average molecular weight is 590 g/mol. The third kappa shape index (κ3) is 6.16. The molecule has 0 saturated carbocycles. The number of aromatic nitrogens is 2. The van der Waals surface area contributed by atoms with Crippen molar-refractivity contribution in [2.75, 3.05) is 55.9 Å². The van der Waals surface area contributed by atoms with Crippen LogP contribution in [0.5, 0.6) is 5.75 Å². The van der Waals surface area contributed by atoms with Crippen molar-refractivity contribution in [2.24, 2.45) is 0 Å². The number of fused-ring (bicyclic) bond motifs is 1. The molecule has 0 aliphatic carbocycles. The number of phenolic OH excluding ortho intramolecular Hbond substituents is 1. The molecule has 0 spiro atoms. The number of urea groups is 1. The maximum atomic E-state index is 12.7. The lowest BCUT2D eigenvalue weighted by Crippen LogP contribution is -2.42. The lowest BCUT2D eigenvalue weighted by atomic mass is 9.99. The summed E-state index contributed by atoms with van der Waals surface area (Å²) in [5.41, 5.74) is 4.44. The molecule has 5 aromatic rings. The van der Waals surface area contributed by atoms with Crippen LogP contribution in [0.3, 0.4) is 0 Å². The van der Waals surface area contributed by atoms with Crippen molar-refractivity contribution in [3.63, 3.8) is 0 Å². The van der Waals surface area contributed by atoms with Gasteiger partial charge in [0, 0.05) is 66.7 Å². The molecule has 44 heavy (non-hydrogen) atoms. The number of nitrogens with zero attached hydrogens (tertiary/aromatic N) is 4. The molecule has 1 fully saturated rings. The standard InChI is InChI=1S/C34H32N6O4/c1-38(2)33(42)23-9-11-25(12-10-23)35-34(43)36-26-13-15-27(16-14-26)40-22-31-29(24-5-3-6-28(41)21-24)7-4-8-30(31)32(37-40)39-17-19-44-20-18-39/h3-16,21-22H,17-20H2,1-2H3,(H2-,35,36,37,41,42,43)/p+1. The zero-order valence-electron chi connectivity index (χ0n) is 24.5. The summed E-state index contributed by atoms with van der Waals surface area (Å²) >= 11 is 0. The number of carbonyl (C=O) groups is 2.